The van der Waals surface area contributed by atoms with Crippen molar-refractivity contribution in [3.8, 4) is 0 Å². The van der Waals surface area contributed by atoms with E-state index in [0.29, 0.717) is 5.92 Å². The molecule has 0 saturated carbocycles. The van der Waals surface area contributed by atoms with Gasteiger partial charge in [0.2, 0.25) is 0 Å². The van der Waals surface area contributed by atoms with Crippen LogP contribution >= 0.6 is 11.8 Å². The number of H-pyrrole nitrogens is 1. The Bertz CT molecular complexity index is 445. The SMILES string of the molecule is CSc1nc2[nH]ccc2cc1C(C)C. The van der Waals surface area contributed by atoms with Crippen LogP contribution in [0.5, 0.6) is 0 Å². The molecule has 2 rings (SSSR count). The zero-order valence-electron chi connectivity index (χ0n) is 8.66. The molecule has 0 saturated heterocycles. The Morgan fingerprint density at radius 1 is 1.43 bits per heavy atom. The second-order valence-corrected chi connectivity index (χ2v) is 4.45. The molecule has 3 heteroatoms. The highest BCUT2D eigenvalue weighted by Gasteiger charge is 2.09. The molecule has 0 unspecified atom stereocenters. The molecule has 2 aromatic rings. The standard InChI is InChI=1S/C11H14N2S/c1-7(2)9-6-8-4-5-12-10(8)13-11(9)14-3/h4-7H,1-3H3,(H,12,13). The average molecular weight is 206 g/mol. The van der Waals surface area contributed by atoms with Crippen LogP contribution in [0.2, 0.25) is 0 Å². The van der Waals surface area contributed by atoms with Gasteiger partial charge in [-0.3, -0.25) is 0 Å². The van der Waals surface area contributed by atoms with Gasteiger partial charge in [-0.1, -0.05) is 13.8 Å². The third-order valence-electron chi connectivity index (χ3n) is 2.34. The molecule has 74 valence electrons. The zero-order valence-corrected chi connectivity index (χ0v) is 9.48. The van der Waals surface area contributed by atoms with Crippen LogP contribution in [0.3, 0.4) is 0 Å². The maximum Gasteiger partial charge on any atom is 0.138 e. The summed E-state index contributed by atoms with van der Waals surface area (Å²) in [4.78, 5) is 7.72. The van der Waals surface area contributed by atoms with Crippen molar-refractivity contribution in [2.75, 3.05) is 6.26 Å². The minimum absolute atomic E-state index is 0.532. The van der Waals surface area contributed by atoms with Crippen LogP contribution in [0, 0.1) is 0 Å². The highest BCUT2D eigenvalue weighted by atomic mass is 32.2. The van der Waals surface area contributed by atoms with Crippen molar-refractivity contribution in [3.05, 3.63) is 23.9 Å². The molecule has 2 nitrogen and oxygen atoms in total. The summed E-state index contributed by atoms with van der Waals surface area (Å²) in [5.74, 6) is 0.532. The maximum atomic E-state index is 4.58. The molecule has 14 heavy (non-hydrogen) atoms. The minimum Gasteiger partial charge on any atom is -0.346 e. The van der Waals surface area contributed by atoms with Crippen molar-refractivity contribution in [2.24, 2.45) is 0 Å². The molecule has 0 aliphatic rings. The van der Waals surface area contributed by atoms with Gasteiger partial charge in [0.05, 0.1) is 0 Å². The number of aromatic amines is 1. The number of aromatic nitrogens is 2. The Hall–Kier alpha value is -0.960. The van der Waals surface area contributed by atoms with E-state index < -0.39 is 0 Å². The predicted octanol–water partition coefficient (Wildman–Crippen LogP) is 3.41. The van der Waals surface area contributed by atoms with Crippen molar-refractivity contribution in [1.82, 2.24) is 9.97 Å². The normalized spacial score (nSPS) is 11.4. The quantitative estimate of drug-likeness (QED) is 0.763. The van der Waals surface area contributed by atoms with Crippen LogP contribution in [-0.2, 0) is 0 Å². The molecule has 0 amide bonds. The highest BCUT2D eigenvalue weighted by Crippen LogP contribution is 2.28. The monoisotopic (exact) mass is 206 g/mol. The van der Waals surface area contributed by atoms with E-state index in [1.807, 2.05) is 6.20 Å². The molecule has 2 aromatic heterocycles. The van der Waals surface area contributed by atoms with Crippen molar-refractivity contribution in [1.29, 1.82) is 0 Å². The maximum absolute atomic E-state index is 4.58. The van der Waals surface area contributed by atoms with Crippen molar-refractivity contribution >= 4 is 22.8 Å². The van der Waals surface area contributed by atoms with Gasteiger partial charge < -0.3 is 4.98 Å². The molecule has 0 aliphatic carbocycles. The van der Waals surface area contributed by atoms with E-state index >= 15 is 0 Å². The van der Waals surface area contributed by atoms with Gasteiger partial charge >= 0.3 is 0 Å². The Morgan fingerprint density at radius 2 is 2.21 bits per heavy atom. The van der Waals surface area contributed by atoms with Crippen LogP contribution in [0.4, 0.5) is 0 Å². The van der Waals surface area contributed by atoms with Gasteiger partial charge in [-0.15, -0.1) is 11.8 Å². The molecular weight excluding hydrogens is 192 g/mol. The van der Waals surface area contributed by atoms with E-state index in [-0.39, 0.29) is 0 Å². The van der Waals surface area contributed by atoms with Gasteiger partial charge in [-0.05, 0) is 29.9 Å². The van der Waals surface area contributed by atoms with Gasteiger partial charge in [0.1, 0.15) is 10.7 Å². The molecule has 0 aliphatic heterocycles. The summed E-state index contributed by atoms with van der Waals surface area (Å²) in [6, 6.07) is 4.30. The number of fused-ring (bicyclic) bond motifs is 1. The van der Waals surface area contributed by atoms with Crippen LogP contribution < -0.4 is 0 Å². The fourth-order valence-corrected chi connectivity index (χ4v) is 2.27. The lowest BCUT2D eigenvalue weighted by Gasteiger charge is -2.09. The van der Waals surface area contributed by atoms with E-state index in [9.17, 15) is 0 Å². The largest absolute Gasteiger partial charge is 0.346 e. The summed E-state index contributed by atoms with van der Waals surface area (Å²) in [5.41, 5.74) is 2.32. The molecule has 0 bridgehead atoms. The molecule has 0 aromatic carbocycles. The van der Waals surface area contributed by atoms with Gasteiger partial charge in [-0.2, -0.15) is 0 Å². The van der Waals surface area contributed by atoms with E-state index in [1.165, 1.54) is 10.9 Å². The molecule has 0 spiro atoms. The number of pyridine rings is 1. The fourth-order valence-electron chi connectivity index (χ4n) is 1.56. The van der Waals surface area contributed by atoms with Gasteiger partial charge in [0.15, 0.2) is 0 Å². The Kier molecular flexibility index (Phi) is 2.50. The van der Waals surface area contributed by atoms with Crippen molar-refractivity contribution < 1.29 is 0 Å². The fraction of sp³-hybridized carbons (Fsp3) is 0.364. The van der Waals surface area contributed by atoms with E-state index in [1.54, 1.807) is 11.8 Å². The summed E-state index contributed by atoms with van der Waals surface area (Å²) >= 11 is 1.71. The summed E-state index contributed by atoms with van der Waals surface area (Å²) in [6.45, 7) is 4.41. The van der Waals surface area contributed by atoms with Crippen LogP contribution in [0.25, 0.3) is 11.0 Å². The minimum atomic E-state index is 0.532. The summed E-state index contributed by atoms with van der Waals surface area (Å²) in [7, 11) is 0. The molecule has 1 N–H and O–H groups in total. The molecular formula is C11H14N2S. The second kappa shape index (κ2) is 3.65. The third-order valence-corrected chi connectivity index (χ3v) is 3.06. The summed E-state index contributed by atoms with van der Waals surface area (Å²) in [5, 5.41) is 2.33. The van der Waals surface area contributed by atoms with Crippen molar-refractivity contribution in [3.63, 3.8) is 0 Å². The molecule has 2 heterocycles. The number of rotatable bonds is 2. The van der Waals surface area contributed by atoms with Gasteiger partial charge in [0.25, 0.3) is 0 Å². The lowest BCUT2D eigenvalue weighted by molar-refractivity contribution is 0.826. The van der Waals surface area contributed by atoms with E-state index in [4.69, 9.17) is 0 Å². The van der Waals surface area contributed by atoms with Crippen LogP contribution in [0.1, 0.15) is 25.3 Å². The van der Waals surface area contributed by atoms with Crippen LogP contribution in [-0.4, -0.2) is 16.2 Å². The topological polar surface area (TPSA) is 28.7 Å². The lowest BCUT2D eigenvalue weighted by Crippen LogP contribution is -1.94. The zero-order chi connectivity index (χ0) is 10.1. The second-order valence-electron chi connectivity index (χ2n) is 3.66. The number of hydrogen-bond acceptors (Lipinski definition) is 2. The predicted molar refractivity (Wildman–Crippen MR) is 62.0 cm³/mol. The number of nitrogens with one attached hydrogen (secondary N) is 1. The first kappa shape index (κ1) is 9.59. The van der Waals surface area contributed by atoms with E-state index in [0.717, 1.165) is 10.7 Å². The number of hydrogen-bond donors (Lipinski definition) is 1. The number of nitrogens with zero attached hydrogens (tertiary/aromatic N) is 1. The average Bonchev–Trinajstić information content (AvgIpc) is 2.62. The molecule has 0 radical (unpaired) electrons. The molecule has 0 fully saturated rings. The Morgan fingerprint density at radius 3 is 2.86 bits per heavy atom. The first-order chi connectivity index (χ1) is 6.72. The van der Waals surface area contributed by atoms with Crippen molar-refractivity contribution in [2.45, 2.75) is 24.8 Å². The Balaban J connectivity index is 2.66. The first-order valence-electron chi connectivity index (χ1n) is 4.74. The van der Waals surface area contributed by atoms with Gasteiger partial charge in [-0.25, -0.2) is 4.98 Å². The highest BCUT2D eigenvalue weighted by molar-refractivity contribution is 7.98. The molecule has 0 atom stereocenters. The summed E-state index contributed by atoms with van der Waals surface area (Å²) < 4.78 is 0. The third kappa shape index (κ3) is 1.52. The summed E-state index contributed by atoms with van der Waals surface area (Å²) in [6.07, 6.45) is 4.01. The smallest absolute Gasteiger partial charge is 0.138 e. The first-order valence-corrected chi connectivity index (χ1v) is 5.97. The lowest BCUT2D eigenvalue weighted by atomic mass is 10.1. The van der Waals surface area contributed by atoms with Gasteiger partial charge in [0, 0.05) is 11.6 Å². The van der Waals surface area contributed by atoms with E-state index in [2.05, 4.69) is 42.2 Å². The number of thioether (sulfide) groups is 1. The van der Waals surface area contributed by atoms with Crippen LogP contribution in [0.15, 0.2) is 23.4 Å². The Labute approximate surface area is 88.1 Å².